The first kappa shape index (κ1) is 22.8. The third kappa shape index (κ3) is 4.53. The molecule has 0 unspecified atom stereocenters. The third-order valence-electron chi connectivity index (χ3n) is 6.29. The van der Waals surface area contributed by atoms with Gasteiger partial charge in [-0.15, -0.1) is 11.3 Å². The summed E-state index contributed by atoms with van der Waals surface area (Å²) in [5.41, 5.74) is 1.71. The fourth-order valence-corrected chi connectivity index (χ4v) is 7.13. The van der Waals surface area contributed by atoms with Crippen LogP contribution in [0.15, 0.2) is 29.2 Å². The van der Waals surface area contributed by atoms with Crippen molar-refractivity contribution in [1.29, 1.82) is 5.26 Å². The van der Waals surface area contributed by atoms with Crippen molar-refractivity contribution in [2.75, 3.05) is 25.5 Å². The first-order valence-electron chi connectivity index (χ1n) is 10.9. The molecule has 4 rings (SSSR count). The van der Waals surface area contributed by atoms with E-state index >= 15 is 0 Å². The number of fused-ring (bicyclic) bond motifs is 1. The Hall–Kier alpha value is -2.41. The number of rotatable bonds is 5. The van der Waals surface area contributed by atoms with E-state index in [0.717, 1.165) is 31.2 Å². The molecule has 0 radical (unpaired) electrons. The molecule has 1 amide bonds. The van der Waals surface area contributed by atoms with E-state index in [1.54, 1.807) is 12.1 Å². The molecule has 9 heteroatoms. The van der Waals surface area contributed by atoms with Crippen molar-refractivity contribution in [1.82, 2.24) is 4.31 Å². The Balaban J connectivity index is 1.40. The van der Waals surface area contributed by atoms with Gasteiger partial charge in [-0.3, -0.25) is 4.79 Å². The maximum Gasteiger partial charge on any atom is 0.243 e. The van der Waals surface area contributed by atoms with Gasteiger partial charge in [0.1, 0.15) is 16.8 Å². The summed E-state index contributed by atoms with van der Waals surface area (Å²) in [6, 6.07) is 8.62. The molecule has 1 aliphatic carbocycles. The summed E-state index contributed by atoms with van der Waals surface area (Å²) in [6.07, 6.45) is 6.13. The molecule has 1 aromatic carbocycles. The highest BCUT2D eigenvalue weighted by Crippen LogP contribution is 2.37. The number of benzene rings is 1. The number of thiophene rings is 1. The van der Waals surface area contributed by atoms with Crippen molar-refractivity contribution in [3.05, 3.63) is 40.3 Å². The highest BCUT2D eigenvalue weighted by atomic mass is 32.2. The number of carbonyl (C=O) groups excluding carboxylic acids is 1. The van der Waals surface area contributed by atoms with Gasteiger partial charge in [0.15, 0.2) is 0 Å². The molecule has 2 aromatic rings. The Morgan fingerprint density at radius 3 is 2.50 bits per heavy atom. The van der Waals surface area contributed by atoms with Crippen LogP contribution < -0.4 is 10.1 Å². The molecule has 0 bridgehead atoms. The first-order valence-corrected chi connectivity index (χ1v) is 13.2. The van der Waals surface area contributed by atoms with E-state index < -0.39 is 10.0 Å². The van der Waals surface area contributed by atoms with Gasteiger partial charge in [0.05, 0.1) is 17.6 Å². The summed E-state index contributed by atoms with van der Waals surface area (Å²) < 4.78 is 32.4. The van der Waals surface area contributed by atoms with Crippen molar-refractivity contribution in [2.45, 2.75) is 49.8 Å². The molecule has 2 aliphatic rings. The number of ether oxygens (including phenoxy) is 1. The molecule has 1 N–H and O–H groups in total. The summed E-state index contributed by atoms with van der Waals surface area (Å²) in [6.45, 7) is 0.580. The third-order valence-corrected chi connectivity index (χ3v) is 9.41. The number of hydrogen-bond donors (Lipinski definition) is 1. The second-order valence-electron chi connectivity index (χ2n) is 8.22. The van der Waals surface area contributed by atoms with Crippen LogP contribution in [0.5, 0.6) is 5.75 Å². The van der Waals surface area contributed by atoms with Crippen LogP contribution in [0.25, 0.3) is 0 Å². The number of nitrogens with zero attached hydrogens (tertiary/aromatic N) is 2. The van der Waals surface area contributed by atoms with Gasteiger partial charge in [-0.25, -0.2) is 8.42 Å². The number of nitrogens with one attached hydrogen (secondary N) is 1. The molecule has 1 aliphatic heterocycles. The highest BCUT2D eigenvalue weighted by molar-refractivity contribution is 7.89. The van der Waals surface area contributed by atoms with Gasteiger partial charge in [-0.1, -0.05) is 6.42 Å². The van der Waals surface area contributed by atoms with E-state index in [9.17, 15) is 18.5 Å². The molecular weight excluding hydrogens is 446 g/mol. The second kappa shape index (κ2) is 9.61. The van der Waals surface area contributed by atoms with Crippen LogP contribution in [-0.2, 0) is 27.7 Å². The lowest BCUT2D eigenvalue weighted by Gasteiger charge is -2.30. The monoisotopic (exact) mass is 473 g/mol. The van der Waals surface area contributed by atoms with Gasteiger partial charge in [0.25, 0.3) is 0 Å². The molecular formula is C23H27N3O4S2. The number of nitriles is 1. The maximum atomic E-state index is 12.9. The van der Waals surface area contributed by atoms with Gasteiger partial charge in [0, 0.05) is 23.9 Å². The summed E-state index contributed by atoms with van der Waals surface area (Å²) in [5.74, 6) is 0.201. The molecule has 0 saturated carbocycles. The second-order valence-corrected chi connectivity index (χ2v) is 11.3. The fraction of sp³-hybridized carbons (Fsp3) is 0.478. The Labute approximate surface area is 193 Å². The molecule has 0 spiro atoms. The van der Waals surface area contributed by atoms with Crippen LogP contribution >= 0.6 is 11.3 Å². The summed E-state index contributed by atoms with van der Waals surface area (Å²) in [5, 5.41) is 13.3. The number of amides is 1. The van der Waals surface area contributed by atoms with Gasteiger partial charge < -0.3 is 10.1 Å². The zero-order chi connectivity index (χ0) is 22.7. The van der Waals surface area contributed by atoms with Crippen LogP contribution in [0.3, 0.4) is 0 Å². The SMILES string of the molecule is COc1ccc(S(=O)(=O)N2CCC(C(=O)Nc3sc4c(c3C#N)CCCCC4)CC2)cc1. The average Bonchev–Trinajstić information content (AvgIpc) is 2.97. The first-order chi connectivity index (χ1) is 15.4. The van der Waals surface area contributed by atoms with Crippen molar-refractivity contribution >= 4 is 32.3 Å². The molecule has 2 heterocycles. The number of anilines is 1. The predicted molar refractivity (Wildman–Crippen MR) is 123 cm³/mol. The Kier molecular flexibility index (Phi) is 6.84. The van der Waals surface area contributed by atoms with Crippen LogP contribution in [-0.4, -0.2) is 38.8 Å². The van der Waals surface area contributed by atoms with E-state index in [4.69, 9.17) is 4.74 Å². The van der Waals surface area contributed by atoms with E-state index in [1.165, 1.54) is 46.2 Å². The number of sulfonamides is 1. The van der Waals surface area contributed by atoms with Crippen LogP contribution in [0, 0.1) is 17.2 Å². The van der Waals surface area contributed by atoms with Gasteiger partial charge in [0.2, 0.25) is 15.9 Å². The Morgan fingerprint density at radius 1 is 1.16 bits per heavy atom. The normalized spacial score (nSPS) is 17.8. The minimum absolute atomic E-state index is 0.126. The summed E-state index contributed by atoms with van der Waals surface area (Å²) in [4.78, 5) is 14.4. The smallest absolute Gasteiger partial charge is 0.243 e. The lowest BCUT2D eigenvalue weighted by molar-refractivity contribution is -0.120. The van der Waals surface area contributed by atoms with Crippen LogP contribution in [0.2, 0.25) is 0 Å². The van der Waals surface area contributed by atoms with Crippen molar-refractivity contribution in [3.63, 3.8) is 0 Å². The zero-order valence-corrected chi connectivity index (χ0v) is 19.7. The number of hydrogen-bond acceptors (Lipinski definition) is 6. The standard InChI is InChI=1S/C23H27N3O4S2/c1-30-17-7-9-18(10-8-17)32(28,29)26-13-11-16(12-14-26)22(27)25-23-20(15-24)19-5-3-2-4-6-21(19)31-23/h7-10,16H,2-6,11-14H2,1H3,(H,25,27). The fourth-order valence-electron chi connectivity index (χ4n) is 4.42. The lowest BCUT2D eigenvalue weighted by atomic mass is 9.97. The van der Waals surface area contributed by atoms with Crippen LogP contribution in [0.4, 0.5) is 5.00 Å². The van der Waals surface area contributed by atoms with E-state index in [-0.39, 0.29) is 16.7 Å². The minimum atomic E-state index is -3.61. The quantitative estimate of drug-likeness (QED) is 0.663. The number of methoxy groups -OCH3 is 1. The van der Waals surface area contributed by atoms with E-state index in [1.807, 2.05) is 0 Å². The van der Waals surface area contributed by atoms with Crippen molar-refractivity contribution < 1.29 is 17.9 Å². The minimum Gasteiger partial charge on any atom is -0.497 e. The molecule has 1 fully saturated rings. The summed E-state index contributed by atoms with van der Waals surface area (Å²) in [7, 11) is -2.07. The van der Waals surface area contributed by atoms with Gasteiger partial charge in [-0.05, 0) is 68.4 Å². The van der Waals surface area contributed by atoms with E-state index in [2.05, 4.69) is 11.4 Å². The molecule has 32 heavy (non-hydrogen) atoms. The predicted octanol–water partition coefficient (Wildman–Crippen LogP) is 3.94. The molecule has 0 atom stereocenters. The Bertz CT molecular complexity index is 1130. The van der Waals surface area contributed by atoms with Crippen LogP contribution in [0.1, 0.15) is 48.1 Å². The average molecular weight is 474 g/mol. The molecule has 1 aromatic heterocycles. The van der Waals surface area contributed by atoms with Gasteiger partial charge >= 0.3 is 0 Å². The van der Waals surface area contributed by atoms with Crippen molar-refractivity contribution in [2.24, 2.45) is 5.92 Å². The topological polar surface area (TPSA) is 99.5 Å². The molecule has 170 valence electrons. The largest absolute Gasteiger partial charge is 0.497 e. The molecule has 7 nitrogen and oxygen atoms in total. The maximum absolute atomic E-state index is 12.9. The zero-order valence-electron chi connectivity index (χ0n) is 18.1. The molecule has 1 saturated heterocycles. The lowest BCUT2D eigenvalue weighted by Crippen LogP contribution is -2.41. The van der Waals surface area contributed by atoms with Gasteiger partial charge in [-0.2, -0.15) is 9.57 Å². The van der Waals surface area contributed by atoms with Crippen molar-refractivity contribution in [3.8, 4) is 11.8 Å². The van der Waals surface area contributed by atoms with E-state index in [0.29, 0.717) is 42.2 Å². The highest BCUT2D eigenvalue weighted by Gasteiger charge is 2.33. The number of carbonyl (C=O) groups is 1. The number of piperidine rings is 1. The Morgan fingerprint density at radius 2 is 1.84 bits per heavy atom. The number of aryl methyl sites for hydroxylation is 1. The summed E-state index contributed by atoms with van der Waals surface area (Å²) >= 11 is 1.53.